The van der Waals surface area contributed by atoms with E-state index in [9.17, 15) is 4.79 Å². The van der Waals surface area contributed by atoms with Crippen molar-refractivity contribution in [2.75, 3.05) is 18.9 Å². The first-order chi connectivity index (χ1) is 8.79. The zero-order chi connectivity index (χ0) is 12.8. The van der Waals surface area contributed by atoms with Crippen LogP contribution in [0.2, 0.25) is 0 Å². The molecule has 0 saturated carbocycles. The maximum atomic E-state index is 11.5. The van der Waals surface area contributed by atoms with E-state index in [1.165, 1.54) is 11.3 Å². The maximum Gasteiger partial charge on any atom is 0.227 e. The molecule has 0 spiro atoms. The SMILES string of the molecule is CNCCC(=O)Nc1nc(-c2ccccn2)cs1. The van der Waals surface area contributed by atoms with Gasteiger partial charge in [-0.15, -0.1) is 11.3 Å². The van der Waals surface area contributed by atoms with Crippen molar-refractivity contribution in [1.82, 2.24) is 15.3 Å². The summed E-state index contributed by atoms with van der Waals surface area (Å²) in [7, 11) is 1.82. The lowest BCUT2D eigenvalue weighted by atomic mass is 10.3. The van der Waals surface area contributed by atoms with Crippen LogP contribution in [-0.2, 0) is 4.79 Å². The molecule has 0 unspecified atom stereocenters. The molecule has 0 atom stereocenters. The lowest BCUT2D eigenvalue weighted by molar-refractivity contribution is -0.116. The Morgan fingerprint density at radius 1 is 1.39 bits per heavy atom. The van der Waals surface area contributed by atoms with Crippen LogP contribution in [0.15, 0.2) is 29.8 Å². The summed E-state index contributed by atoms with van der Waals surface area (Å²) < 4.78 is 0. The Balaban J connectivity index is 2.00. The monoisotopic (exact) mass is 262 g/mol. The highest BCUT2D eigenvalue weighted by atomic mass is 32.1. The van der Waals surface area contributed by atoms with Crippen molar-refractivity contribution in [2.45, 2.75) is 6.42 Å². The van der Waals surface area contributed by atoms with Gasteiger partial charge in [-0.25, -0.2) is 4.98 Å². The van der Waals surface area contributed by atoms with Gasteiger partial charge in [-0.2, -0.15) is 0 Å². The highest BCUT2D eigenvalue weighted by Gasteiger charge is 2.07. The summed E-state index contributed by atoms with van der Waals surface area (Å²) in [6.45, 7) is 0.657. The Kier molecular flexibility index (Phi) is 4.38. The van der Waals surface area contributed by atoms with Gasteiger partial charge in [0.05, 0.1) is 5.69 Å². The Hall–Kier alpha value is -1.79. The number of hydrogen-bond donors (Lipinski definition) is 2. The number of aromatic nitrogens is 2. The molecule has 0 aliphatic rings. The minimum absolute atomic E-state index is 0.0359. The highest BCUT2D eigenvalue weighted by Crippen LogP contribution is 2.22. The van der Waals surface area contributed by atoms with E-state index in [2.05, 4.69) is 20.6 Å². The van der Waals surface area contributed by atoms with Crippen molar-refractivity contribution < 1.29 is 4.79 Å². The number of thiazole rings is 1. The second-order valence-corrected chi connectivity index (χ2v) is 4.51. The molecule has 0 aliphatic heterocycles. The molecule has 2 heterocycles. The maximum absolute atomic E-state index is 11.5. The summed E-state index contributed by atoms with van der Waals surface area (Å²) in [6, 6.07) is 5.66. The summed E-state index contributed by atoms with van der Waals surface area (Å²) in [4.78, 5) is 20.1. The van der Waals surface area contributed by atoms with E-state index in [4.69, 9.17) is 0 Å². The summed E-state index contributed by atoms with van der Waals surface area (Å²) in [6.07, 6.45) is 2.16. The molecular weight excluding hydrogens is 248 g/mol. The van der Waals surface area contributed by atoms with Gasteiger partial charge in [0.25, 0.3) is 0 Å². The van der Waals surface area contributed by atoms with Crippen LogP contribution in [0.4, 0.5) is 5.13 Å². The topological polar surface area (TPSA) is 66.9 Å². The number of carbonyl (C=O) groups is 1. The van der Waals surface area contributed by atoms with Crippen molar-refractivity contribution in [3.05, 3.63) is 29.8 Å². The van der Waals surface area contributed by atoms with Crippen molar-refractivity contribution in [2.24, 2.45) is 0 Å². The zero-order valence-electron chi connectivity index (χ0n) is 10.0. The van der Waals surface area contributed by atoms with E-state index in [0.717, 1.165) is 11.4 Å². The van der Waals surface area contributed by atoms with Crippen LogP contribution in [0.3, 0.4) is 0 Å². The molecule has 0 radical (unpaired) electrons. The average Bonchev–Trinajstić information content (AvgIpc) is 2.86. The molecule has 1 amide bonds. The third-order valence-corrected chi connectivity index (χ3v) is 3.04. The molecule has 0 saturated heterocycles. The molecule has 0 bridgehead atoms. The van der Waals surface area contributed by atoms with Gasteiger partial charge in [-0.05, 0) is 19.2 Å². The fraction of sp³-hybridized carbons (Fsp3) is 0.250. The summed E-state index contributed by atoms with van der Waals surface area (Å²) in [5.41, 5.74) is 1.59. The second-order valence-electron chi connectivity index (χ2n) is 3.65. The Bertz CT molecular complexity index is 512. The predicted octanol–water partition coefficient (Wildman–Crippen LogP) is 1.75. The van der Waals surface area contributed by atoms with E-state index in [0.29, 0.717) is 18.1 Å². The van der Waals surface area contributed by atoms with Crippen LogP contribution >= 0.6 is 11.3 Å². The molecule has 18 heavy (non-hydrogen) atoms. The molecule has 2 rings (SSSR count). The number of carbonyl (C=O) groups excluding carboxylic acids is 1. The number of nitrogens with one attached hydrogen (secondary N) is 2. The smallest absolute Gasteiger partial charge is 0.227 e. The predicted molar refractivity (Wildman–Crippen MR) is 72.5 cm³/mol. The number of hydrogen-bond acceptors (Lipinski definition) is 5. The van der Waals surface area contributed by atoms with E-state index in [-0.39, 0.29) is 5.91 Å². The van der Waals surface area contributed by atoms with Crippen LogP contribution < -0.4 is 10.6 Å². The third-order valence-electron chi connectivity index (χ3n) is 2.28. The number of amides is 1. The Morgan fingerprint density at radius 3 is 3.00 bits per heavy atom. The fourth-order valence-corrected chi connectivity index (χ4v) is 2.10. The lowest BCUT2D eigenvalue weighted by Gasteiger charge is -2.00. The molecular formula is C12H14N4OS. The first-order valence-electron chi connectivity index (χ1n) is 5.61. The molecule has 0 aromatic carbocycles. The van der Waals surface area contributed by atoms with E-state index in [1.54, 1.807) is 6.20 Å². The molecule has 2 N–H and O–H groups in total. The number of pyridine rings is 1. The lowest BCUT2D eigenvalue weighted by Crippen LogP contribution is -2.18. The van der Waals surface area contributed by atoms with E-state index in [1.807, 2.05) is 30.6 Å². The summed E-state index contributed by atoms with van der Waals surface area (Å²) in [5.74, 6) is -0.0359. The fourth-order valence-electron chi connectivity index (χ4n) is 1.38. The summed E-state index contributed by atoms with van der Waals surface area (Å²) >= 11 is 1.40. The van der Waals surface area contributed by atoms with Crippen LogP contribution in [0.25, 0.3) is 11.4 Å². The largest absolute Gasteiger partial charge is 0.319 e. The van der Waals surface area contributed by atoms with Gasteiger partial charge >= 0.3 is 0 Å². The Labute approximate surface area is 109 Å². The first-order valence-corrected chi connectivity index (χ1v) is 6.49. The molecule has 0 fully saturated rings. The molecule has 0 aliphatic carbocycles. The van der Waals surface area contributed by atoms with Gasteiger partial charge in [0, 0.05) is 24.5 Å². The average molecular weight is 262 g/mol. The van der Waals surface area contributed by atoms with Crippen molar-refractivity contribution in [3.8, 4) is 11.4 Å². The Morgan fingerprint density at radius 2 is 2.28 bits per heavy atom. The van der Waals surface area contributed by atoms with Gasteiger partial charge in [-0.3, -0.25) is 9.78 Å². The molecule has 94 valence electrons. The summed E-state index contributed by atoms with van der Waals surface area (Å²) in [5, 5.41) is 8.19. The van der Waals surface area contributed by atoms with Crippen molar-refractivity contribution in [3.63, 3.8) is 0 Å². The van der Waals surface area contributed by atoms with Gasteiger partial charge in [0.15, 0.2) is 5.13 Å². The van der Waals surface area contributed by atoms with Gasteiger partial charge in [0.2, 0.25) is 5.91 Å². The van der Waals surface area contributed by atoms with Crippen molar-refractivity contribution in [1.29, 1.82) is 0 Å². The highest BCUT2D eigenvalue weighted by molar-refractivity contribution is 7.14. The van der Waals surface area contributed by atoms with Gasteiger partial charge in [-0.1, -0.05) is 6.07 Å². The number of anilines is 1. The quantitative estimate of drug-likeness (QED) is 0.861. The first kappa shape index (κ1) is 12.7. The zero-order valence-corrected chi connectivity index (χ0v) is 10.8. The normalized spacial score (nSPS) is 10.3. The van der Waals surface area contributed by atoms with Crippen LogP contribution in [0.1, 0.15) is 6.42 Å². The third kappa shape index (κ3) is 3.35. The minimum Gasteiger partial charge on any atom is -0.319 e. The van der Waals surface area contributed by atoms with E-state index < -0.39 is 0 Å². The van der Waals surface area contributed by atoms with Crippen LogP contribution in [0.5, 0.6) is 0 Å². The van der Waals surface area contributed by atoms with Gasteiger partial charge < -0.3 is 10.6 Å². The molecule has 6 heteroatoms. The molecule has 2 aromatic heterocycles. The van der Waals surface area contributed by atoms with Crippen LogP contribution in [-0.4, -0.2) is 29.5 Å². The molecule has 5 nitrogen and oxygen atoms in total. The minimum atomic E-state index is -0.0359. The standard InChI is InChI=1S/C12H14N4OS/c1-13-7-5-11(17)16-12-15-10(8-18-12)9-4-2-3-6-14-9/h2-4,6,8,13H,5,7H2,1H3,(H,15,16,17). The van der Waals surface area contributed by atoms with Crippen LogP contribution in [0, 0.1) is 0 Å². The van der Waals surface area contributed by atoms with E-state index >= 15 is 0 Å². The van der Waals surface area contributed by atoms with Gasteiger partial charge in [0.1, 0.15) is 5.69 Å². The number of nitrogens with zero attached hydrogens (tertiary/aromatic N) is 2. The molecule has 2 aromatic rings. The van der Waals surface area contributed by atoms with Crippen molar-refractivity contribution >= 4 is 22.4 Å². The second kappa shape index (κ2) is 6.23. The number of rotatable bonds is 5.